The molecule has 0 saturated carbocycles. The highest BCUT2D eigenvalue weighted by Crippen LogP contribution is 2.33. The number of pyridine rings is 1. The summed E-state index contributed by atoms with van der Waals surface area (Å²) in [6, 6.07) is 12.2. The van der Waals surface area contributed by atoms with Crippen LogP contribution in [0, 0.1) is 13.8 Å². The third-order valence-corrected chi connectivity index (χ3v) is 5.48. The van der Waals surface area contributed by atoms with Crippen LogP contribution in [0.1, 0.15) is 37.7 Å². The van der Waals surface area contributed by atoms with E-state index in [0.29, 0.717) is 38.3 Å². The van der Waals surface area contributed by atoms with Gasteiger partial charge >= 0.3 is 11.9 Å². The van der Waals surface area contributed by atoms with Crippen LogP contribution < -0.4 is 4.74 Å². The van der Waals surface area contributed by atoms with Crippen molar-refractivity contribution in [3.05, 3.63) is 80.6 Å². The molecule has 0 aliphatic carbocycles. The minimum atomic E-state index is -0.590. The topological polar surface area (TPSA) is 74.7 Å². The maximum absolute atomic E-state index is 12.5. The Hall–Kier alpha value is -3.09. The Morgan fingerprint density at radius 1 is 0.875 bits per heavy atom. The molecule has 0 spiro atoms. The number of nitrogens with zero attached hydrogens (tertiary/aromatic N) is 1. The zero-order valence-corrected chi connectivity index (χ0v) is 19.5. The molecular formula is C24H21Cl2NO5. The normalized spacial score (nSPS) is 10.6. The summed E-state index contributed by atoms with van der Waals surface area (Å²) in [5, 5.41) is 1.07. The number of rotatable bonds is 6. The van der Waals surface area contributed by atoms with Crippen molar-refractivity contribution >= 4 is 35.1 Å². The van der Waals surface area contributed by atoms with Crippen molar-refractivity contribution in [3.8, 4) is 16.9 Å². The van der Waals surface area contributed by atoms with Crippen molar-refractivity contribution < 1.29 is 23.8 Å². The molecule has 0 radical (unpaired) electrons. The van der Waals surface area contributed by atoms with Crippen LogP contribution in [-0.4, -0.2) is 31.1 Å². The molecule has 0 N–H and O–H groups in total. The molecule has 0 amide bonds. The van der Waals surface area contributed by atoms with E-state index in [9.17, 15) is 9.59 Å². The van der Waals surface area contributed by atoms with Crippen molar-refractivity contribution in [2.75, 3.05) is 14.2 Å². The number of benzene rings is 2. The monoisotopic (exact) mass is 473 g/mol. The zero-order valence-electron chi connectivity index (χ0n) is 18.0. The molecule has 0 fully saturated rings. The Morgan fingerprint density at radius 2 is 1.44 bits per heavy atom. The van der Waals surface area contributed by atoms with Gasteiger partial charge in [-0.2, -0.15) is 0 Å². The quantitative estimate of drug-likeness (QED) is 0.419. The largest absolute Gasteiger partial charge is 0.489 e. The third kappa shape index (κ3) is 4.87. The van der Waals surface area contributed by atoms with Gasteiger partial charge in [0, 0.05) is 21.2 Å². The minimum Gasteiger partial charge on any atom is -0.489 e. The molecule has 32 heavy (non-hydrogen) atoms. The second-order valence-electron chi connectivity index (χ2n) is 6.94. The Morgan fingerprint density at radius 3 is 1.94 bits per heavy atom. The van der Waals surface area contributed by atoms with Gasteiger partial charge in [0.15, 0.2) is 0 Å². The van der Waals surface area contributed by atoms with E-state index < -0.39 is 11.9 Å². The number of carbonyl (C=O) groups is 2. The van der Waals surface area contributed by atoms with E-state index >= 15 is 0 Å². The number of aryl methyl sites for hydroxylation is 2. The van der Waals surface area contributed by atoms with Crippen LogP contribution >= 0.6 is 23.2 Å². The highest BCUT2D eigenvalue weighted by Gasteiger charge is 2.27. The number of hydrogen-bond acceptors (Lipinski definition) is 6. The molecule has 0 saturated heterocycles. The second-order valence-corrected chi connectivity index (χ2v) is 7.78. The van der Waals surface area contributed by atoms with Crippen LogP contribution in [0.4, 0.5) is 0 Å². The number of halogens is 2. The van der Waals surface area contributed by atoms with Gasteiger partial charge in [0.2, 0.25) is 0 Å². The molecular weight excluding hydrogens is 453 g/mol. The molecule has 0 atom stereocenters. The predicted octanol–water partition coefficient (Wildman–Crippen LogP) is 5.82. The summed E-state index contributed by atoms with van der Waals surface area (Å²) in [5.74, 6) is -0.595. The molecule has 3 aromatic rings. The molecule has 8 heteroatoms. The third-order valence-electron chi connectivity index (χ3n) is 4.89. The minimum absolute atomic E-state index is 0.208. The SMILES string of the molecule is COC(=O)c1c(C)nc(C)c(C(=O)OC)c1-c1ccc(OCc2ccc(Cl)cc2Cl)cc1. The van der Waals surface area contributed by atoms with Gasteiger partial charge in [-0.15, -0.1) is 0 Å². The first-order valence-corrected chi connectivity index (χ1v) is 10.4. The fourth-order valence-electron chi connectivity index (χ4n) is 3.36. The number of carbonyl (C=O) groups excluding carboxylic acids is 2. The highest BCUT2D eigenvalue weighted by molar-refractivity contribution is 6.35. The summed E-state index contributed by atoms with van der Waals surface area (Å²) >= 11 is 12.1. The highest BCUT2D eigenvalue weighted by atomic mass is 35.5. The fourth-order valence-corrected chi connectivity index (χ4v) is 3.82. The van der Waals surface area contributed by atoms with Gasteiger partial charge in [-0.1, -0.05) is 41.4 Å². The summed E-state index contributed by atoms with van der Waals surface area (Å²) in [6.07, 6.45) is 0. The summed E-state index contributed by atoms with van der Waals surface area (Å²) in [7, 11) is 2.56. The molecule has 0 unspecified atom stereocenters. The van der Waals surface area contributed by atoms with E-state index in [0.717, 1.165) is 5.56 Å². The van der Waals surface area contributed by atoms with Crippen LogP contribution in [0.5, 0.6) is 5.75 Å². The summed E-state index contributed by atoms with van der Waals surface area (Å²) in [5.41, 5.74) is 3.14. The summed E-state index contributed by atoms with van der Waals surface area (Å²) in [4.78, 5) is 29.4. The van der Waals surface area contributed by atoms with Crippen molar-refractivity contribution in [1.29, 1.82) is 0 Å². The first kappa shape index (κ1) is 23.6. The van der Waals surface area contributed by atoms with Gasteiger partial charge in [-0.25, -0.2) is 9.59 Å². The molecule has 0 aliphatic heterocycles. The van der Waals surface area contributed by atoms with E-state index in [1.165, 1.54) is 14.2 Å². The Kier molecular flexibility index (Phi) is 7.38. The van der Waals surface area contributed by atoms with E-state index in [1.807, 2.05) is 0 Å². The van der Waals surface area contributed by atoms with Crippen LogP contribution in [0.25, 0.3) is 11.1 Å². The van der Waals surface area contributed by atoms with Crippen molar-refractivity contribution in [2.24, 2.45) is 0 Å². The molecule has 166 valence electrons. The summed E-state index contributed by atoms with van der Waals surface area (Å²) < 4.78 is 15.7. The van der Waals surface area contributed by atoms with Crippen LogP contribution in [0.2, 0.25) is 10.0 Å². The lowest BCUT2D eigenvalue weighted by Crippen LogP contribution is -2.16. The van der Waals surface area contributed by atoms with E-state index in [-0.39, 0.29) is 17.7 Å². The Balaban J connectivity index is 2.00. The molecule has 3 rings (SSSR count). The number of aromatic nitrogens is 1. The van der Waals surface area contributed by atoms with Gasteiger partial charge in [-0.3, -0.25) is 4.98 Å². The molecule has 6 nitrogen and oxygen atoms in total. The molecule has 0 aliphatic rings. The van der Waals surface area contributed by atoms with E-state index in [4.69, 9.17) is 37.4 Å². The summed E-state index contributed by atoms with van der Waals surface area (Å²) in [6.45, 7) is 3.64. The van der Waals surface area contributed by atoms with Gasteiger partial charge in [0.25, 0.3) is 0 Å². The molecule has 0 bridgehead atoms. The number of methoxy groups -OCH3 is 2. The number of hydrogen-bond donors (Lipinski definition) is 0. The number of ether oxygens (including phenoxy) is 3. The molecule has 2 aromatic carbocycles. The van der Waals surface area contributed by atoms with Crippen LogP contribution in [0.15, 0.2) is 42.5 Å². The van der Waals surface area contributed by atoms with E-state index in [1.54, 1.807) is 56.3 Å². The lowest BCUT2D eigenvalue weighted by atomic mass is 9.92. The van der Waals surface area contributed by atoms with Crippen LogP contribution in [0.3, 0.4) is 0 Å². The van der Waals surface area contributed by atoms with Crippen LogP contribution in [-0.2, 0) is 16.1 Å². The standard InChI is InChI=1S/C24H21Cl2NO5/c1-13-20(23(28)30-3)22(21(14(2)27-13)24(29)31-4)15-6-9-18(10-7-15)32-12-16-5-8-17(25)11-19(16)26/h5-11H,12H2,1-4H3. The lowest BCUT2D eigenvalue weighted by molar-refractivity contribution is 0.0599. The fraction of sp³-hybridized carbons (Fsp3) is 0.208. The smallest absolute Gasteiger partial charge is 0.340 e. The van der Waals surface area contributed by atoms with Gasteiger partial charge < -0.3 is 14.2 Å². The molecule has 1 aromatic heterocycles. The predicted molar refractivity (Wildman–Crippen MR) is 123 cm³/mol. The second kappa shape index (κ2) is 10.0. The first-order valence-electron chi connectivity index (χ1n) is 9.61. The Labute approximate surface area is 196 Å². The molecule has 1 heterocycles. The maximum Gasteiger partial charge on any atom is 0.340 e. The first-order chi connectivity index (χ1) is 15.3. The Bertz CT molecular complexity index is 1140. The van der Waals surface area contributed by atoms with Crippen molar-refractivity contribution in [1.82, 2.24) is 4.98 Å². The number of esters is 2. The average molecular weight is 474 g/mol. The average Bonchev–Trinajstić information content (AvgIpc) is 2.77. The lowest BCUT2D eigenvalue weighted by Gasteiger charge is -2.17. The zero-order chi connectivity index (χ0) is 23.4. The van der Waals surface area contributed by atoms with Crippen molar-refractivity contribution in [3.63, 3.8) is 0 Å². The maximum atomic E-state index is 12.5. The van der Waals surface area contributed by atoms with Crippen molar-refractivity contribution in [2.45, 2.75) is 20.5 Å². The van der Waals surface area contributed by atoms with Gasteiger partial charge in [0.05, 0.1) is 36.7 Å². The van der Waals surface area contributed by atoms with E-state index in [2.05, 4.69) is 4.98 Å². The van der Waals surface area contributed by atoms with Gasteiger partial charge in [-0.05, 0) is 43.7 Å². The van der Waals surface area contributed by atoms with Gasteiger partial charge in [0.1, 0.15) is 12.4 Å².